The standard InChI is InChI=1S/C13H19NO4/c1-2-8(7-11(15)16)14-12(17)9-5-3-4-6-10(9)13(14)18/h8-10H,2-7H2,1H3,(H,15,16). The number of hydrogen-bond acceptors (Lipinski definition) is 3. The molecule has 1 aliphatic heterocycles. The molecular weight excluding hydrogens is 234 g/mol. The van der Waals surface area contributed by atoms with E-state index < -0.39 is 12.0 Å². The maximum absolute atomic E-state index is 12.2. The van der Waals surface area contributed by atoms with Crippen LogP contribution < -0.4 is 0 Å². The summed E-state index contributed by atoms with van der Waals surface area (Å²) >= 11 is 0. The molecule has 2 fully saturated rings. The van der Waals surface area contributed by atoms with Crippen LogP contribution in [0.1, 0.15) is 45.4 Å². The number of hydrogen-bond donors (Lipinski definition) is 1. The molecule has 0 aromatic heterocycles. The van der Waals surface area contributed by atoms with Gasteiger partial charge in [0.05, 0.1) is 18.3 Å². The molecule has 5 heteroatoms. The average Bonchev–Trinajstić information content (AvgIpc) is 2.60. The lowest BCUT2D eigenvalue weighted by Crippen LogP contribution is -2.41. The highest BCUT2D eigenvalue weighted by Crippen LogP contribution is 2.39. The minimum absolute atomic E-state index is 0.141. The fourth-order valence-electron chi connectivity index (χ4n) is 3.17. The van der Waals surface area contributed by atoms with Crippen LogP contribution >= 0.6 is 0 Å². The normalized spacial score (nSPS) is 29.3. The number of aliphatic carboxylic acids is 1. The summed E-state index contributed by atoms with van der Waals surface area (Å²) in [5.74, 6) is -1.61. The van der Waals surface area contributed by atoms with Gasteiger partial charge in [-0.05, 0) is 19.3 Å². The van der Waals surface area contributed by atoms with E-state index in [1.165, 1.54) is 4.90 Å². The Morgan fingerprint density at radius 3 is 2.17 bits per heavy atom. The second kappa shape index (κ2) is 5.08. The molecule has 18 heavy (non-hydrogen) atoms. The third kappa shape index (κ3) is 2.13. The highest BCUT2D eigenvalue weighted by Gasteiger charge is 2.50. The Balaban J connectivity index is 2.19. The minimum Gasteiger partial charge on any atom is -0.481 e. The molecule has 1 aliphatic carbocycles. The predicted octanol–water partition coefficient (Wildman–Crippen LogP) is 1.41. The van der Waals surface area contributed by atoms with E-state index in [2.05, 4.69) is 0 Å². The lowest BCUT2D eigenvalue weighted by molar-refractivity contribution is -0.145. The molecule has 2 aliphatic rings. The van der Waals surface area contributed by atoms with Crippen molar-refractivity contribution in [1.29, 1.82) is 0 Å². The topological polar surface area (TPSA) is 74.7 Å². The predicted molar refractivity (Wildman–Crippen MR) is 63.6 cm³/mol. The van der Waals surface area contributed by atoms with Crippen LogP contribution in [0.2, 0.25) is 0 Å². The van der Waals surface area contributed by atoms with Gasteiger partial charge < -0.3 is 5.11 Å². The zero-order valence-electron chi connectivity index (χ0n) is 10.6. The molecule has 2 rings (SSSR count). The number of nitrogens with zero attached hydrogens (tertiary/aromatic N) is 1. The molecule has 100 valence electrons. The summed E-state index contributed by atoms with van der Waals surface area (Å²) in [7, 11) is 0. The molecule has 1 N–H and O–H groups in total. The smallest absolute Gasteiger partial charge is 0.305 e. The molecule has 3 atom stereocenters. The second-order valence-electron chi connectivity index (χ2n) is 5.20. The molecule has 0 radical (unpaired) electrons. The average molecular weight is 253 g/mol. The highest BCUT2D eigenvalue weighted by molar-refractivity contribution is 6.05. The first-order valence-corrected chi connectivity index (χ1v) is 6.65. The van der Waals surface area contributed by atoms with Gasteiger partial charge >= 0.3 is 5.97 Å². The van der Waals surface area contributed by atoms with Crippen molar-refractivity contribution in [2.24, 2.45) is 11.8 Å². The van der Waals surface area contributed by atoms with E-state index >= 15 is 0 Å². The maximum Gasteiger partial charge on any atom is 0.305 e. The summed E-state index contributed by atoms with van der Waals surface area (Å²) in [4.78, 5) is 36.5. The Kier molecular flexibility index (Phi) is 3.68. The summed E-state index contributed by atoms with van der Waals surface area (Å²) in [6.45, 7) is 1.82. The van der Waals surface area contributed by atoms with Crippen LogP contribution in [0.5, 0.6) is 0 Å². The summed E-state index contributed by atoms with van der Waals surface area (Å²) in [5, 5.41) is 8.86. The minimum atomic E-state index is -0.961. The number of amides is 2. The molecule has 0 spiro atoms. The molecule has 2 amide bonds. The zero-order chi connectivity index (χ0) is 13.3. The molecule has 0 aromatic carbocycles. The van der Waals surface area contributed by atoms with Gasteiger partial charge in [-0.2, -0.15) is 0 Å². The van der Waals surface area contributed by atoms with Crippen LogP contribution in [0.15, 0.2) is 0 Å². The number of carbonyl (C=O) groups excluding carboxylic acids is 2. The first-order valence-electron chi connectivity index (χ1n) is 6.65. The monoisotopic (exact) mass is 253 g/mol. The van der Waals surface area contributed by atoms with Gasteiger partial charge in [0.15, 0.2) is 0 Å². The van der Waals surface area contributed by atoms with Crippen molar-refractivity contribution in [2.75, 3.05) is 0 Å². The van der Waals surface area contributed by atoms with Gasteiger partial charge in [0, 0.05) is 6.04 Å². The van der Waals surface area contributed by atoms with E-state index in [4.69, 9.17) is 5.11 Å². The van der Waals surface area contributed by atoms with Gasteiger partial charge in [0.1, 0.15) is 0 Å². The Hall–Kier alpha value is -1.39. The van der Waals surface area contributed by atoms with Crippen molar-refractivity contribution in [2.45, 2.75) is 51.5 Å². The van der Waals surface area contributed by atoms with E-state index in [1.807, 2.05) is 6.92 Å². The van der Waals surface area contributed by atoms with E-state index in [0.717, 1.165) is 25.7 Å². The van der Waals surface area contributed by atoms with Crippen molar-refractivity contribution >= 4 is 17.8 Å². The Morgan fingerprint density at radius 1 is 1.28 bits per heavy atom. The Bertz CT molecular complexity index is 355. The second-order valence-corrected chi connectivity index (χ2v) is 5.20. The SMILES string of the molecule is CCC(CC(=O)O)N1C(=O)C2CCCCC2C1=O. The number of carbonyl (C=O) groups is 3. The quantitative estimate of drug-likeness (QED) is 0.769. The molecule has 3 unspecified atom stereocenters. The number of carboxylic acid groups (broad SMARTS) is 1. The van der Waals surface area contributed by atoms with Crippen molar-refractivity contribution in [1.82, 2.24) is 4.90 Å². The molecule has 5 nitrogen and oxygen atoms in total. The number of likely N-dealkylation sites (tertiary alicyclic amines) is 1. The van der Waals surface area contributed by atoms with Crippen LogP contribution in [0.25, 0.3) is 0 Å². The molecule has 1 saturated heterocycles. The van der Waals surface area contributed by atoms with Crippen molar-refractivity contribution in [3.63, 3.8) is 0 Å². The van der Waals surface area contributed by atoms with Crippen LogP contribution in [-0.4, -0.2) is 33.8 Å². The van der Waals surface area contributed by atoms with E-state index in [-0.39, 0.29) is 30.1 Å². The maximum atomic E-state index is 12.2. The molecule has 0 aromatic rings. The van der Waals surface area contributed by atoms with E-state index in [0.29, 0.717) is 6.42 Å². The fraction of sp³-hybridized carbons (Fsp3) is 0.769. The van der Waals surface area contributed by atoms with Gasteiger partial charge in [-0.1, -0.05) is 19.8 Å². The van der Waals surface area contributed by atoms with E-state index in [1.54, 1.807) is 0 Å². The summed E-state index contributed by atoms with van der Waals surface area (Å²) < 4.78 is 0. The van der Waals surface area contributed by atoms with Crippen molar-refractivity contribution in [3.05, 3.63) is 0 Å². The van der Waals surface area contributed by atoms with Gasteiger partial charge in [-0.15, -0.1) is 0 Å². The first-order chi connectivity index (χ1) is 8.56. The summed E-state index contributed by atoms with van der Waals surface area (Å²) in [6, 6.07) is -0.479. The lowest BCUT2D eigenvalue weighted by atomic mass is 9.81. The number of fused-ring (bicyclic) bond motifs is 1. The third-order valence-electron chi connectivity index (χ3n) is 4.12. The third-order valence-corrected chi connectivity index (χ3v) is 4.12. The Labute approximate surface area is 106 Å². The van der Waals surface area contributed by atoms with E-state index in [9.17, 15) is 14.4 Å². The fourth-order valence-corrected chi connectivity index (χ4v) is 3.17. The molecule has 1 saturated carbocycles. The van der Waals surface area contributed by atoms with Crippen LogP contribution in [0.3, 0.4) is 0 Å². The molecule has 1 heterocycles. The molecular formula is C13H19NO4. The summed E-state index contributed by atoms with van der Waals surface area (Å²) in [6.07, 6.45) is 3.88. The van der Waals surface area contributed by atoms with Crippen LogP contribution in [-0.2, 0) is 14.4 Å². The van der Waals surface area contributed by atoms with Crippen LogP contribution in [0.4, 0.5) is 0 Å². The van der Waals surface area contributed by atoms with Crippen molar-refractivity contribution in [3.8, 4) is 0 Å². The number of carboxylic acids is 1. The largest absolute Gasteiger partial charge is 0.481 e. The highest BCUT2D eigenvalue weighted by atomic mass is 16.4. The van der Waals surface area contributed by atoms with Gasteiger partial charge in [-0.3, -0.25) is 19.3 Å². The molecule has 0 bridgehead atoms. The first kappa shape index (κ1) is 13.1. The Morgan fingerprint density at radius 2 is 1.78 bits per heavy atom. The number of rotatable bonds is 4. The van der Waals surface area contributed by atoms with Crippen LogP contribution in [0, 0.1) is 11.8 Å². The van der Waals surface area contributed by atoms with Gasteiger partial charge in [0.25, 0.3) is 0 Å². The number of imide groups is 1. The van der Waals surface area contributed by atoms with Crippen molar-refractivity contribution < 1.29 is 19.5 Å². The van der Waals surface area contributed by atoms with Gasteiger partial charge in [-0.25, -0.2) is 0 Å². The lowest BCUT2D eigenvalue weighted by Gasteiger charge is -2.24. The zero-order valence-corrected chi connectivity index (χ0v) is 10.6. The summed E-state index contributed by atoms with van der Waals surface area (Å²) in [5.41, 5.74) is 0. The van der Waals surface area contributed by atoms with Gasteiger partial charge in [0.2, 0.25) is 11.8 Å².